The van der Waals surface area contributed by atoms with E-state index < -0.39 is 0 Å². The highest BCUT2D eigenvalue weighted by Gasteiger charge is 2.33. The van der Waals surface area contributed by atoms with Crippen LogP contribution in [0.25, 0.3) is 0 Å². The number of anilines is 1. The second-order valence-electron chi connectivity index (χ2n) is 6.66. The molecule has 1 N–H and O–H groups in total. The van der Waals surface area contributed by atoms with Gasteiger partial charge in [-0.05, 0) is 43.5 Å². The molecule has 2 aromatic carbocycles. The first-order chi connectivity index (χ1) is 12.6. The number of nitrogens with zero attached hydrogens (tertiary/aromatic N) is 1. The summed E-state index contributed by atoms with van der Waals surface area (Å²) in [6.45, 7) is 2.42. The van der Waals surface area contributed by atoms with Gasteiger partial charge in [-0.3, -0.25) is 9.59 Å². The maximum atomic E-state index is 12.7. The average Bonchev–Trinajstić information content (AvgIpc) is 3.44. The SMILES string of the molecule is COc1ccccc1CN(C(=O)CC(=O)Nc1cccc(C)c1)C1CC1. The monoisotopic (exact) mass is 352 g/mol. The standard InChI is InChI=1S/C21H24N2O3/c1-15-6-5-8-17(12-15)22-20(24)13-21(25)23(18-10-11-18)14-16-7-3-4-9-19(16)26-2/h3-9,12,18H,10-11,13-14H2,1-2H3,(H,22,24). The molecule has 0 saturated heterocycles. The number of methoxy groups -OCH3 is 1. The molecule has 1 saturated carbocycles. The first-order valence-electron chi connectivity index (χ1n) is 8.84. The molecule has 0 aliphatic heterocycles. The van der Waals surface area contributed by atoms with E-state index in [0.717, 1.165) is 29.7 Å². The second kappa shape index (κ2) is 8.04. The van der Waals surface area contributed by atoms with Gasteiger partial charge in [0, 0.05) is 23.8 Å². The first-order valence-corrected chi connectivity index (χ1v) is 8.84. The fourth-order valence-electron chi connectivity index (χ4n) is 2.99. The van der Waals surface area contributed by atoms with E-state index in [4.69, 9.17) is 4.74 Å². The molecule has 3 rings (SSSR count). The molecule has 0 heterocycles. The normalized spacial score (nSPS) is 13.2. The number of para-hydroxylation sites is 1. The van der Waals surface area contributed by atoms with Gasteiger partial charge >= 0.3 is 0 Å². The third-order valence-corrected chi connectivity index (χ3v) is 4.45. The Balaban J connectivity index is 1.64. The van der Waals surface area contributed by atoms with E-state index in [2.05, 4.69) is 5.32 Å². The fraction of sp³-hybridized carbons (Fsp3) is 0.333. The summed E-state index contributed by atoms with van der Waals surface area (Å²) in [6, 6.07) is 15.4. The minimum Gasteiger partial charge on any atom is -0.496 e. The zero-order valence-corrected chi connectivity index (χ0v) is 15.2. The maximum absolute atomic E-state index is 12.7. The molecule has 26 heavy (non-hydrogen) atoms. The smallest absolute Gasteiger partial charge is 0.233 e. The van der Waals surface area contributed by atoms with Crippen molar-refractivity contribution in [2.45, 2.75) is 38.8 Å². The molecule has 0 aromatic heterocycles. The molecule has 0 radical (unpaired) electrons. The Morgan fingerprint density at radius 1 is 1.15 bits per heavy atom. The van der Waals surface area contributed by atoms with E-state index >= 15 is 0 Å². The summed E-state index contributed by atoms with van der Waals surface area (Å²) in [6.07, 6.45) is 1.82. The summed E-state index contributed by atoms with van der Waals surface area (Å²) in [5.74, 6) is 0.324. The number of carbonyl (C=O) groups is 2. The Hall–Kier alpha value is -2.82. The van der Waals surface area contributed by atoms with E-state index in [1.54, 1.807) is 12.0 Å². The zero-order valence-electron chi connectivity index (χ0n) is 15.2. The summed E-state index contributed by atoms with van der Waals surface area (Å²) in [4.78, 5) is 26.8. The summed E-state index contributed by atoms with van der Waals surface area (Å²) in [5, 5.41) is 2.80. The molecule has 1 fully saturated rings. The van der Waals surface area contributed by atoms with Crippen LogP contribution in [0.15, 0.2) is 48.5 Å². The number of hydrogen-bond donors (Lipinski definition) is 1. The molecule has 2 amide bonds. The summed E-state index contributed by atoms with van der Waals surface area (Å²) in [7, 11) is 1.62. The Bertz CT molecular complexity index is 799. The van der Waals surface area contributed by atoms with E-state index in [-0.39, 0.29) is 24.3 Å². The van der Waals surface area contributed by atoms with Crippen molar-refractivity contribution in [3.63, 3.8) is 0 Å². The molecular formula is C21H24N2O3. The van der Waals surface area contributed by atoms with Crippen LogP contribution in [-0.2, 0) is 16.1 Å². The lowest BCUT2D eigenvalue weighted by Crippen LogP contribution is -2.35. The molecule has 0 unspecified atom stereocenters. The molecule has 1 aliphatic rings. The van der Waals surface area contributed by atoms with Crippen molar-refractivity contribution in [3.8, 4) is 5.75 Å². The van der Waals surface area contributed by atoms with Gasteiger partial charge in [0.15, 0.2) is 0 Å². The number of amides is 2. The molecule has 0 spiro atoms. The molecule has 5 nitrogen and oxygen atoms in total. The van der Waals surface area contributed by atoms with E-state index in [9.17, 15) is 9.59 Å². The van der Waals surface area contributed by atoms with Crippen LogP contribution in [0.5, 0.6) is 5.75 Å². The van der Waals surface area contributed by atoms with Gasteiger partial charge in [0.25, 0.3) is 0 Å². The lowest BCUT2D eigenvalue weighted by molar-refractivity contribution is -0.135. The lowest BCUT2D eigenvalue weighted by Gasteiger charge is -2.23. The van der Waals surface area contributed by atoms with Crippen LogP contribution in [0.2, 0.25) is 0 Å². The van der Waals surface area contributed by atoms with Gasteiger partial charge < -0.3 is 15.0 Å². The molecule has 5 heteroatoms. The Kier molecular flexibility index (Phi) is 5.56. The predicted molar refractivity (Wildman–Crippen MR) is 101 cm³/mol. The minimum atomic E-state index is -0.286. The van der Waals surface area contributed by atoms with E-state index in [1.807, 2.05) is 55.5 Å². The van der Waals surface area contributed by atoms with Crippen LogP contribution in [0, 0.1) is 6.92 Å². The molecule has 0 atom stereocenters. The van der Waals surface area contributed by atoms with Gasteiger partial charge in [0.05, 0.1) is 7.11 Å². The highest BCUT2D eigenvalue weighted by atomic mass is 16.5. The van der Waals surface area contributed by atoms with Crippen LogP contribution in [0.1, 0.15) is 30.4 Å². The van der Waals surface area contributed by atoms with Crippen molar-refractivity contribution in [2.75, 3.05) is 12.4 Å². The van der Waals surface area contributed by atoms with Crippen molar-refractivity contribution >= 4 is 17.5 Å². The van der Waals surface area contributed by atoms with Crippen LogP contribution in [-0.4, -0.2) is 29.9 Å². The van der Waals surface area contributed by atoms with Gasteiger partial charge in [0.1, 0.15) is 12.2 Å². The number of ether oxygens (including phenoxy) is 1. The zero-order chi connectivity index (χ0) is 18.5. The van der Waals surface area contributed by atoms with Crippen LogP contribution in [0.4, 0.5) is 5.69 Å². The number of nitrogens with one attached hydrogen (secondary N) is 1. The highest BCUT2D eigenvalue weighted by molar-refractivity contribution is 6.03. The fourth-order valence-corrected chi connectivity index (χ4v) is 2.99. The van der Waals surface area contributed by atoms with Crippen molar-refractivity contribution in [2.24, 2.45) is 0 Å². The quantitative estimate of drug-likeness (QED) is 0.776. The minimum absolute atomic E-state index is 0.149. The lowest BCUT2D eigenvalue weighted by atomic mass is 10.1. The van der Waals surface area contributed by atoms with Gasteiger partial charge in [-0.1, -0.05) is 30.3 Å². The highest BCUT2D eigenvalue weighted by Crippen LogP contribution is 2.31. The molecule has 136 valence electrons. The number of rotatable bonds is 7. The number of aryl methyl sites for hydroxylation is 1. The van der Waals surface area contributed by atoms with E-state index in [0.29, 0.717) is 12.2 Å². The molecule has 1 aliphatic carbocycles. The van der Waals surface area contributed by atoms with Crippen molar-refractivity contribution < 1.29 is 14.3 Å². The van der Waals surface area contributed by atoms with Crippen LogP contribution in [0.3, 0.4) is 0 Å². The molecule has 2 aromatic rings. The van der Waals surface area contributed by atoms with Gasteiger partial charge in [-0.15, -0.1) is 0 Å². The van der Waals surface area contributed by atoms with Crippen molar-refractivity contribution in [3.05, 3.63) is 59.7 Å². The Morgan fingerprint density at radius 2 is 1.92 bits per heavy atom. The summed E-state index contributed by atoms with van der Waals surface area (Å²) < 4.78 is 5.38. The number of carbonyl (C=O) groups excluding carboxylic acids is 2. The largest absolute Gasteiger partial charge is 0.496 e. The summed E-state index contributed by atoms with van der Waals surface area (Å²) in [5.41, 5.74) is 2.73. The van der Waals surface area contributed by atoms with Crippen LogP contribution >= 0.6 is 0 Å². The van der Waals surface area contributed by atoms with Gasteiger partial charge in [0.2, 0.25) is 11.8 Å². The first kappa shape index (κ1) is 18.0. The molecule has 0 bridgehead atoms. The number of hydrogen-bond acceptors (Lipinski definition) is 3. The van der Waals surface area contributed by atoms with Crippen molar-refractivity contribution in [1.29, 1.82) is 0 Å². The third kappa shape index (κ3) is 4.63. The topological polar surface area (TPSA) is 58.6 Å². The number of benzene rings is 2. The molecular weight excluding hydrogens is 328 g/mol. The third-order valence-electron chi connectivity index (χ3n) is 4.45. The average molecular weight is 352 g/mol. The maximum Gasteiger partial charge on any atom is 0.233 e. The van der Waals surface area contributed by atoms with Gasteiger partial charge in [-0.2, -0.15) is 0 Å². The van der Waals surface area contributed by atoms with Crippen molar-refractivity contribution in [1.82, 2.24) is 4.90 Å². The van der Waals surface area contributed by atoms with Gasteiger partial charge in [-0.25, -0.2) is 0 Å². The Labute approximate surface area is 154 Å². The summed E-state index contributed by atoms with van der Waals surface area (Å²) >= 11 is 0. The Morgan fingerprint density at radius 3 is 2.62 bits per heavy atom. The van der Waals surface area contributed by atoms with E-state index in [1.165, 1.54) is 0 Å². The second-order valence-corrected chi connectivity index (χ2v) is 6.66. The van der Waals surface area contributed by atoms with Crippen LogP contribution < -0.4 is 10.1 Å². The predicted octanol–water partition coefficient (Wildman–Crippen LogP) is 3.52.